The van der Waals surface area contributed by atoms with Gasteiger partial charge in [0.05, 0.1) is 17.3 Å². The van der Waals surface area contributed by atoms with Gasteiger partial charge in [-0.25, -0.2) is 0 Å². The van der Waals surface area contributed by atoms with Gasteiger partial charge in [-0.3, -0.25) is 4.90 Å². The van der Waals surface area contributed by atoms with Gasteiger partial charge in [-0.1, -0.05) is 24.6 Å². The van der Waals surface area contributed by atoms with Gasteiger partial charge in [0.2, 0.25) is 0 Å². The summed E-state index contributed by atoms with van der Waals surface area (Å²) in [5.41, 5.74) is 1.94. The lowest BCUT2D eigenvalue weighted by Crippen LogP contribution is -2.51. The highest BCUT2D eigenvalue weighted by Gasteiger charge is 2.23. The second-order valence-corrected chi connectivity index (χ2v) is 5.27. The quantitative estimate of drug-likeness (QED) is 0.912. The minimum atomic E-state index is 0.0417. The summed E-state index contributed by atoms with van der Waals surface area (Å²) in [5.74, 6) is 0. The van der Waals surface area contributed by atoms with Crippen molar-refractivity contribution in [1.82, 2.24) is 4.90 Å². The minimum Gasteiger partial charge on any atom is -0.392 e. The fourth-order valence-corrected chi connectivity index (χ4v) is 2.91. The molecule has 2 rings (SSSR count). The first-order valence-electron chi connectivity index (χ1n) is 6.54. The summed E-state index contributed by atoms with van der Waals surface area (Å²) in [6, 6.07) is 6.37. The lowest BCUT2D eigenvalue weighted by molar-refractivity contribution is 0.199. The Hall–Kier alpha value is -0.770. The standard InChI is InChI=1S/C14H21ClN2O/c1-3-16-6-7-17(9-11(16)2)14-5-4-12(10-18)8-13(14)15/h4-5,8,11,18H,3,6-7,9-10H2,1-2H3. The van der Waals surface area contributed by atoms with Crippen LogP contribution < -0.4 is 4.90 Å². The lowest BCUT2D eigenvalue weighted by Gasteiger charge is -2.40. The van der Waals surface area contributed by atoms with Crippen LogP contribution in [0.5, 0.6) is 0 Å². The third kappa shape index (κ3) is 2.79. The zero-order valence-corrected chi connectivity index (χ0v) is 11.8. The molecule has 4 heteroatoms. The number of likely N-dealkylation sites (N-methyl/N-ethyl adjacent to an activating group) is 1. The number of anilines is 1. The number of rotatable bonds is 3. The second-order valence-electron chi connectivity index (χ2n) is 4.87. The van der Waals surface area contributed by atoms with Crippen LogP contribution >= 0.6 is 11.6 Å². The Labute approximate surface area is 114 Å². The smallest absolute Gasteiger partial charge is 0.0682 e. The maximum atomic E-state index is 9.09. The number of benzene rings is 1. The normalized spacial score (nSPS) is 21.3. The lowest BCUT2D eigenvalue weighted by atomic mass is 10.1. The first-order valence-corrected chi connectivity index (χ1v) is 6.91. The van der Waals surface area contributed by atoms with Crippen molar-refractivity contribution >= 4 is 17.3 Å². The molecule has 100 valence electrons. The molecule has 1 unspecified atom stereocenters. The molecule has 1 N–H and O–H groups in total. The molecular weight excluding hydrogens is 248 g/mol. The van der Waals surface area contributed by atoms with Crippen LogP contribution in [0.25, 0.3) is 0 Å². The average Bonchev–Trinajstić information content (AvgIpc) is 2.38. The van der Waals surface area contributed by atoms with Gasteiger partial charge in [-0.15, -0.1) is 0 Å². The summed E-state index contributed by atoms with van der Waals surface area (Å²) in [6.45, 7) is 8.70. The van der Waals surface area contributed by atoms with Crippen molar-refractivity contribution in [2.75, 3.05) is 31.1 Å². The maximum Gasteiger partial charge on any atom is 0.0682 e. The number of hydrogen-bond donors (Lipinski definition) is 1. The third-order valence-corrected chi connectivity index (χ3v) is 4.01. The molecule has 0 aromatic heterocycles. The van der Waals surface area contributed by atoms with Gasteiger partial charge in [0, 0.05) is 25.7 Å². The zero-order chi connectivity index (χ0) is 13.1. The topological polar surface area (TPSA) is 26.7 Å². The molecule has 0 aliphatic carbocycles. The molecule has 0 spiro atoms. The molecule has 1 atom stereocenters. The SMILES string of the molecule is CCN1CCN(c2ccc(CO)cc2Cl)CC1C. The van der Waals surface area contributed by atoms with E-state index in [4.69, 9.17) is 16.7 Å². The summed E-state index contributed by atoms with van der Waals surface area (Å²) < 4.78 is 0. The predicted octanol–water partition coefficient (Wildman–Crippen LogP) is 2.36. The van der Waals surface area contributed by atoms with Gasteiger partial charge in [-0.2, -0.15) is 0 Å². The van der Waals surface area contributed by atoms with Crippen molar-refractivity contribution < 1.29 is 5.11 Å². The van der Waals surface area contributed by atoms with Crippen LogP contribution in [0.2, 0.25) is 5.02 Å². The molecule has 0 bridgehead atoms. The first kappa shape index (κ1) is 13.7. The van der Waals surface area contributed by atoms with Gasteiger partial charge in [0.15, 0.2) is 0 Å². The maximum absolute atomic E-state index is 9.09. The van der Waals surface area contributed by atoms with E-state index in [1.165, 1.54) is 0 Å². The Bertz CT molecular complexity index is 411. The van der Waals surface area contributed by atoms with E-state index in [0.717, 1.165) is 42.5 Å². The Morgan fingerprint density at radius 2 is 2.17 bits per heavy atom. The molecule has 0 amide bonds. The van der Waals surface area contributed by atoms with E-state index in [2.05, 4.69) is 23.6 Å². The van der Waals surface area contributed by atoms with Crippen molar-refractivity contribution in [3.05, 3.63) is 28.8 Å². The van der Waals surface area contributed by atoms with Gasteiger partial charge < -0.3 is 10.0 Å². The molecule has 0 saturated carbocycles. The number of nitrogens with zero attached hydrogens (tertiary/aromatic N) is 2. The van der Waals surface area contributed by atoms with Crippen LogP contribution in [0.15, 0.2) is 18.2 Å². The Balaban J connectivity index is 2.13. The molecule has 1 aliphatic heterocycles. The van der Waals surface area contributed by atoms with E-state index < -0.39 is 0 Å². The molecule has 1 aliphatic rings. The van der Waals surface area contributed by atoms with Gasteiger partial charge in [0.25, 0.3) is 0 Å². The van der Waals surface area contributed by atoms with Crippen molar-refractivity contribution in [2.24, 2.45) is 0 Å². The summed E-state index contributed by atoms with van der Waals surface area (Å²) in [7, 11) is 0. The van der Waals surface area contributed by atoms with Crippen LogP contribution in [0.4, 0.5) is 5.69 Å². The summed E-state index contributed by atoms with van der Waals surface area (Å²) in [5, 5.41) is 9.83. The van der Waals surface area contributed by atoms with Crippen LogP contribution in [-0.4, -0.2) is 42.2 Å². The molecule has 0 radical (unpaired) electrons. The van der Waals surface area contributed by atoms with Gasteiger partial charge >= 0.3 is 0 Å². The monoisotopic (exact) mass is 268 g/mol. The molecule has 1 aromatic carbocycles. The molecular formula is C14H21ClN2O. The van der Waals surface area contributed by atoms with Crippen LogP contribution in [0, 0.1) is 0 Å². The van der Waals surface area contributed by atoms with Crippen LogP contribution in [-0.2, 0) is 6.61 Å². The Kier molecular flexibility index (Phi) is 4.49. The molecule has 1 aromatic rings. The fourth-order valence-electron chi connectivity index (χ4n) is 2.59. The number of aliphatic hydroxyl groups excluding tert-OH is 1. The summed E-state index contributed by atoms with van der Waals surface area (Å²) in [6.07, 6.45) is 0. The highest BCUT2D eigenvalue weighted by molar-refractivity contribution is 6.33. The molecule has 3 nitrogen and oxygen atoms in total. The predicted molar refractivity (Wildman–Crippen MR) is 76.3 cm³/mol. The third-order valence-electron chi connectivity index (χ3n) is 3.71. The minimum absolute atomic E-state index is 0.0417. The average molecular weight is 269 g/mol. The summed E-state index contributed by atoms with van der Waals surface area (Å²) >= 11 is 6.29. The molecule has 1 saturated heterocycles. The number of hydrogen-bond acceptors (Lipinski definition) is 3. The van der Waals surface area contributed by atoms with E-state index in [1.807, 2.05) is 18.2 Å². The van der Waals surface area contributed by atoms with Gasteiger partial charge in [-0.05, 0) is 31.2 Å². The van der Waals surface area contributed by atoms with E-state index in [1.54, 1.807) is 0 Å². The first-order chi connectivity index (χ1) is 8.65. The highest BCUT2D eigenvalue weighted by Crippen LogP contribution is 2.28. The van der Waals surface area contributed by atoms with Crippen molar-refractivity contribution in [3.63, 3.8) is 0 Å². The second kappa shape index (κ2) is 5.91. The Morgan fingerprint density at radius 3 is 2.72 bits per heavy atom. The van der Waals surface area contributed by atoms with Crippen molar-refractivity contribution in [3.8, 4) is 0 Å². The van der Waals surface area contributed by atoms with E-state index >= 15 is 0 Å². The zero-order valence-electron chi connectivity index (χ0n) is 11.1. The molecule has 18 heavy (non-hydrogen) atoms. The highest BCUT2D eigenvalue weighted by atomic mass is 35.5. The Morgan fingerprint density at radius 1 is 1.39 bits per heavy atom. The number of piperazine rings is 1. The van der Waals surface area contributed by atoms with Crippen molar-refractivity contribution in [2.45, 2.75) is 26.5 Å². The fraction of sp³-hybridized carbons (Fsp3) is 0.571. The number of aliphatic hydroxyl groups is 1. The molecule has 1 heterocycles. The van der Waals surface area contributed by atoms with Crippen molar-refractivity contribution in [1.29, 1.82) is 0 Å². The van der Waals surface area contributed by atoms with Crippen LogP contribution in [0.1, 0.15) is 19.4 Å². The van der Waals surface area contributed by atoms with E-state index in [0.29, 0.717) is 6.04 Å². The largest absolute Gasteiger partial charge is 0.392 e. The number of halogens is 1. The van der Waals surface area contributed by atoms with Gasteiger partial charge in [0.1, 0.15) is 0 Å². The summed E-state index contributed by atoms with van der Waals surface area (Å²) in [4.78, 5) is 4.81. The van der Waals surface area contributed by atoms with Crippen LogP contribution in [0.3, 0.4) is 0 Å². The molecule has 1 fully saturated rings. The van der Waals surface area contributed by atoms with E-state index in [-0.39, 0.29) is 6.61 Å². The van der Waals surface area contributed by atoms with E-state index in [9.17, 15) is 0 Å².